The van der Waals surface area contributed by atoms with Crippen LogP contribution in [-0.4, -0.2) is 71.7 Å². The number of nitrogens with zero attached hydrogens (tertiary/aromatic N) is 3. The fourth-order valence-electron chi connectivity index (χ4n) is 5.55. The Hall–Kier alpha value is -1.43. The second-order valence-corrected chi connectivity index (χ2v) is 9.98. The number of amides is 3. The van der Waals surface area contributed by atoms with Crippen molar-refractivity contribution in [3.05, 3.63) is 0 Å². The molecule has 170 valence electrons. The van der Waals surface area contributed by atoms with Crippen LogP contribution in [-0.2, 0) is 14.4 Å². The van der Waals surface area contributed by atoms with Crippen LogP contribution in [0.1, 0.15) is 72.1 Å². The third kappa shape index (κ3) is 5.63. The molecule has 2 aliphatic heterocycles. The van der Waals surface area contributed by atoms with Crippen LogP contribution in [0.15, 0.2) is 0 Å². The van der Waals surface area contributed by atoms with E-state index in [1.165, 1.54) is 11.3 Å². The molecule has 2 atom stereocenters. The Kier molecular flexibility index (Phi) is 8.32. The Labute approximate surface area is 182 Å². The summed E-state index contributed by atoms with van der Waals surface area (Å²) in [5, 5.41) is 0. The van der Waals surface area contributed by atoms with Gasteiger partial charge in [0.1, 0.15) is 0 Å². The van der Waals surface area contributed by atoms with Crippen LogP contribution in [0.25, 0.3) is 0 Å². The molecule has 6 heteroatoms. The molecule has 1 saturated carbocycles. The van der Waals surface area contributed by atoms with E-state index >= 15 is 0 Å². The summed E-state index contributed by atoms with van der Waals surface area (Å²) in [7, 11) is 0. The molecule has 3 rings (SSSR count). The zero-order valence-electron chi connectivity index (χ0n) is 19.3. The van der Waals surface area contributed by atoms with E-state index in [1.54, 1.807) is 0 Å². The summed E-state index contributed by atoms with van der Waals surface area (Å²) in [5.41, 5.74) is 0. The van der Waals surface area contributed by atoms with E-state index in [4.69, 9.17) is 0 Å². The Morgan fingerprint density at radius 1 is 1.03 bits per heavy atom. The third-order valence-corrected chi connectivity index (χ3v) is 7.37. The van der Waals surface area contributed by atoms with Crippen molar-refractivity contribution in [3.63, 3.8) is 0 Å². The van der Waals surface area contributed by atoms with Crippen molar-refractivity contribution in [2.75, 3.05) is 39.3 Å². The van der Waals surface area contributed by atoms with E-state index in [2.05, 4.69) is 25.7 Å². The SMILES string of the molecule is CCN(CCC1CCN(C(=O)CCN2C(=O)[C@H]3CCCC[C@@H]3C2=O)CC1)CC(C)C. The second-order valence-electron chi connectivity index (χ2n) is 9.98. The minimum Gasteiger partial charge on any atom is -0.343 e. The van der Waals surface area contributed by atoms with Gasteiger partial charge in [0.25, 0.3) is 0 Å². The third-order valence-electron chi connectivity index (χ3n) is 7.37. The van der Waals surface area contributed by atoms with Crippen LogP contribution in [0.4, 0.5) is 0 Å². The maximum absolute atomic E-state index is 12.7. The average molecular weight is 420 g/mol. The van der Waals surface area contributed by atoms with Crippen molar-refractivity contribution in [2.45, 2.75) is 72.1 Å². The van der Waals surface area contributed by atoms with Gasteiger partial charge in [-0.1, -0.05) is 33.6 Å². The second kappa shape index (κ2) is 10.7. The number of carbonyl (C=O) groups excluding carboxylic acids is 3. The lowest BCUT2D eigenvalue weighted by atomic mass is 9.81. The normalized spacial score (nSPS) is 25.5. The van der Waals surface area contributed by atoms with Crippen molar-refractivity contribution < 1.29 is 14.4 Å². The van der Waals surface area contributed by atoms with E-state index in [-0.39, 0.29) is 42.5 Å². The molecule has 2 saturated heterocycles. The van der Waals surface area contributed by atoms with Gasteiger partial charge < -0.3 is 9.80 Å². The van der Waals surface area contributed by atoms with Gasteiger partial charge in [-0.2, -0.15) is 0 Å². The van der Waals surface area contributed by atoms with E-state index in [9.17, 15) is 14.4 Å². The van der Waals surface area contributed by atoms with Crippen LogP contribution in [0.5, 0.6) is 0 Å². The number of rotatable bonds is 9. The molecule has 3 aliphatic rings. The summed E-state index contributed by atoms with van der Waals surface area (Å²) in [6.45, 7) is 12.1. The lowest BCUT2D eigenvalue weighted by Crippen LogP contribution is -2.41. The average Bonchev–Trinajstić information content (AvgIpc) is 2.99. The minimum atomic E-state index is -0.115. The minimum absolute atomic E-state index is 0.0296. The molecule has 0 aromatic heterocycles. The number of hydrogen-bond acceptors (Lipinski definition) is 4. The number of fused-ring (bicyclic) bond motifs is 1. The van der Waals surface area contributed by atoms with Gasteiger partial charge in [0.15, 0.2) is 0 Å². The maximum atomic E-state index is 12.7. The molecule has 3 amide bonds. The number of likely N-dealkylation sites (tertiary alicyclic amines) is 2. The zero-order chi connectivity index (χ0) is 21.7. The largest absolute Gasteiger partial charge is 0.343 e. The number of imide groups is 1. The molecule has 30 heavy (non-hydrogen) atoms. The van der Waals surface area contributed by atoms with Gasteiger partial charge in [-0.05, 0) is 57.0 Å². The molecular formula is C24H41N3O3. The molecule has 3 fully saturated rings. The summed E-state index contributed by atoms with van der Waals surface area (Å²) in [6.07, 6.45) is 7.36. The Morgan fingerprint density at radius 2 is 1.63 bits per heavy atom. The maximum Gasteiger partial charge on any atom is 0.233 e. The first-order chi connectivity index (χ1) is 14.4. The van der Waals surface area contributed by atoms with Gasteiger partial charge in [-0.15, -0.1) is 0 Å². The Balaban J connectivity index is 1.38. The molecule has 0 radical (unpaired) electrons. The monoisotopic (exact) mass is 419 g/mol. The van der Waals surface area contributed by atoms with Crippen molar-refractivity contribution in [2.24, 2.45) is 23.7 Å². The molecule has 0 N–H and O–H groups in total. The van der Waals surface area contributed by atoms with Crippen LogP contribution in [0, 0.1) is 23.7 Å². The van der Waals surface area contributed by atoms with Crippen molar-refractivity contribution in [1.29, 1.82) is 0 Å². The molecule has 0 aromatic carbocycles. The van der Waals surface area contributed by atoms with Crippen LogP contribution < -0.4 is 0 Å². The van der Waals surface area contributed by atoms with Crippen molar-refractivity contribution >= 4 is 17.7 Å². The molecule has 0 spiro atoms. The molecule has 0 bridgehead atoms. The van der Waals surface area contributed by atoms with Crippen molar-refractivity contribution in [1.82, 2.24) is 14.7 Å². The van der Waals surface area contributed by atoms with E-state index in [0.29, 0.717) is 11.8 Å². The molecule has 1 aliphatic carbocycles. The topological polar surface area (TPSA) is 60.9 Å². The quantitative estimate of drug-likeness (QED) is 0.539. The molecule has 6 nitrogen and oxygen atoms in total. The van der Waals surface area contributed by atoms with Crippen molar-refractivity contribution in [3.8, 4) is 0 Å². The van der Waals surface area contributed by atoms with Gasteiger partial charge in [0.05, 0.1) is 11.8 Å². The standard InChI is InChI=1S/C24H41N3O3/c1-4-25(17-18(2)3)13-9-19-10-14-26(15-11-19)22(28)12-16-27-23(29)20-7-5-6-8-21(20)24(27)30/h18-21H,4-17H2,1-3H3/t20-,21-/m0/s1. The van der Waals surface area contributed by atoms with Gasteiger partial charge >= 0.3 is 0 Å². The predicted molar refractivity (Wildman–Crippen MR) is 118 cm³/mol. The van der Waals surface area contributed by atoms with Gasteiger partial charge in [0, 0.05) is 32.6 Å². The molecule has 0 unspecified atom stereocenters. The predicted octanol–water partition coefficient (Wildman–Crippen LogP) is 3.16. The first-order valence-corrected chi connectivity index (χ1v) is 12.3. The summed E-state index contributed by atoms with van der Waals surface area (Å²) in [5.74, 6) is 1.20. The van der Waals surface area contributed by atoms with Gasteiger partial charge in [-0.25, -0.2) is 0 Å². The molecular weight excluding hydrogens is 378 g/mol. The lowest BCUT2D eigenvalue weighted by Gasteiger charge is -2.33. The number of hydrogen-bond donors (Lipinski definition) is 0. The Morgan fingerprint density at radius 3 is 2.17 bits per heavy atom. The summed E-state index contributed by atoms with van der Waals surface area (Å²) in [4.78, 5) is 43.7. The van der Waals surface area contributed by atoms with E-state index < -0.39 is 0 Å². The lowest BCUT2D eigenvalue weighted by molar-refractivity contribution is -0.141. The highest BCUT2D eigenvalue weighted by Gasteiger charge is 2.47. The van der Waals surface area contributed by atoms with E-state index in [1.807, 2.05) is 4.90 Å². The fraction of sp³-hybridized carbons (Fsp3) is 0.875. The van der Waals surface area contributed by atoms with Crippen LogP contribution in [0.3, 0.4) is 0 Å². The van der Waals surface area contributed by atoms with Gasteiger partial charge in [-0.3, -0.25) is 19.3 Å². The van der Waals surface area contributed by atoms with Crippen LogP contribution >= 0.6 is 0 Å². The highest BCUT2D eigenvalue weighted by Crippen LogP contribution is 2.38. The Bertz CT molecular complexity index is 589. The smallest absolute Gasteiger partial charge is 0.233 e. The highest BCUT2D eigenvalue weighted by molar-refractivity contribution is 6.05. The summed E-state index contributed by atoms with van der Waals surface area (Å²) in [6, 6.07) is 0. The molecule has 0 aromatic rings. The number of piperidine rings is 1. The molecule has 2 heterocycles. The zero-order valence-corrected chi connectivity index (χ0v) is 19.3. The number of carbonyl (C=O) groups is 3. The van der Waals surface area contributed by atoms with Gasteiger partial charge in [0.2, 0.25) is 17.7 Å². The highest BCUT2D eigenvalue weighted by atomic mass is 16.2. The first-order valence-electron chi connectivity index (χ1n) is 12.3. The van der Waals surface area contributed by atoms with Crippen LogP contribution in [0.2, 0.25) is 0 Å². The van der Waals surface area contributed by atoms with E-state index in [0.717, 1.165) is 71.2 Å². The first kappa shape index (κ1) is 23.2. The summed E-state index contributed by atoms with van der Waals surface area (Å²) >= 11 is 0. The summed E-state index contributed by atoms with van der Waals surface area (Å²) < 4.78 is 0. The fourth-order valence-corrected chi connectivity index (χ4v) is 5.55.